The lowest BCUT2D eigenvalue weighted by molar-refractivity contribution is -0.124. The highest BCUT2D eigenvalue weighted by Gasteiger charge is 2.34. The summed E-state index contributed by atoms with van der Waals surface area (Å²) in [6.07, 6.45) is 1.99. The van der Waals surface area contributed by atoms with Crippen molar-refractivity contribution in [1.29, 1.82) is 0 Å². The van der Waals surface area contributed by atoms with Gasteiger partial charge in [0, 0.05) is 30.7 Å². The van der Waals surface area contributed by atoms with Crippen LogP contribution in [0.25, 0.3) is 0 Å². The zero-order valence-corrected chi connectivity index (χ0v) is 18.3. The summed E-state index contributed by atoms with van der Waals surface area (Å²) in [7, 11) is 0. The fourth-order valence-electron chi connectivity index (χ4n) is 3.42. The number of nitrogens with one attached hydrogen (secondary N) is 3. The normalized spacial score (nSPS) is 16.0. The Bertz CT molecular complexity index is 738. The van der Waals surface area contributed by atoms with Crippen molar-refractivity contribution in [3.8, 4) is 0 Å². The van der Waals surface area contributed by atoms with Gasteiger partial charge in [-0.25, -0.2) is 9.18 Å². The van der Waals surface area contributed by atoms with Crippen LogP contribution in [0.4, 0.5) is 9.18 Å². The van der Waals surface area contributed by atoms with Crippen molar-refractivity contribution in [2.75, 3.05) is 19.6 Å². The van der Waals surface area contributed by atoms with Crippen molar-refractivity contribution in [1.82, 2.24) is 20.9 Å². The lowest BCUT2D eigenvalue weighted by Crippen LogP contribution is -2.55. The molecule has 1 aliphatic rings. The molecule has 166 valence electrons. The fourth-order valence-corrected chi connectivity index (χ4v) is 3.42. The molecular formula is C22H33FN4O3. The molecule has 1 aromatic carbocycles. The lowest BCUT2D eigenvalue weighted by atomic mass is 9.88. The molecule has 0 radical (unpaired) electrons. The minimum Gasteiger partial charge on any atom is -0.354 e. The van der Waals surface area contributed by atoms with Crippen LogP contribution in [0, 0.1) is 11.7 Å². The molecule has 4 amide bonds. The quantitative estimate of drug-likeness (QED) is 0.661. The summed E-state index contributed by atoms with van der Waals surface area (Å²) < 4.78 is 13.1. The summed E-state index contributed by atoms with van der Waals surface area (Å²) in [6, 6.07) is 4.39. The van der Waals surface area contributed by atoms with Gasteiger partial charge in [0.1, 0.15) is 11.9 Å². The second-order valence-corrected chi connectivity index (χ2v) is 8.75. The average Bonchev–Trinajstić information content (AvgIpc) is 2.69. The molecule has 1 saturated heterocycles. The maximum atomic E-state index is 13.1. The Kier molecular flexibility index (Phi) is 8.20. The van der Waals surface area contributed by atoms with E-state index in [0.717, 1.165) is 6.42 Å². The van der Waals surface area contributed by atoms with Crippen LogP contribution in [0.3, 0.4) is 0 Å². The predicted octanol–water partition coefficient (Wildman–Crippen LogP) is 2.67. The number of carbonyl (C=O) groups is 3. The highest BCUT2D eigenvalue weighted by atomic mass is 19.1. The van der Waals surface area contributed by atoms with Gasteiger partial charge in [0.2, 0.25) is 5.91 Å². The summed E-state index contributed by atoms with van der Waals surface area (Å²) in [5.74, 6) is -1.17. The third kappa shape index (κ3) is 7.00. The van der Waals surface area contributed by atoms with E-state index < -0.39 is 17.8 Å². The zero-order chi connectivity index (χ0) is 22.3. The average molecular weight is 421 g/mol. The first-order valence-electron chi connectivity index (χ1n) is 10.5. The van der Waals surface area contributed by atoms with Crippen LogP contribution in [0.1, 0.15) is 57.3 Å². The van der Waals surface area contributed by atoms with Crippen LogP contribution in [0.2, 0.25) is 0 Å². The molecule has 1 atom stereocenters. The van der Waals surface area contributed by atoms with Crippen molar-refractivity contribution in [3.63, 3.8) is 0 Å². The van der Waals surface area contributed by atoms with E-state index in [1.165, 1.54) is 24.3 Å². The molecule has 1 fully saturated rings. The van der Waals surface area contributed by atoms with E-state index in [-0.39, 0.29) is 23.4 Å². The Balaban J connectivity index is 2.04. The summed E-state index contributed by atoms with van der Waals surface area (Å²) in [4.78, 5) is 39.5. The third-order valence-electron chi connectivity index (χ3n) is 5.00. The van der Waals surface area contributed by atoms with Gasteiger partial charge in [-0.05, 0) is 70.2 Å². The first-order valence-corrected chi connectivity index (χ1v) is 10.5. The number of rotatable bonds is 6. The van der Waals surface area contributed by atoms with Crippen molar-refractivity contribution >= 4 is 17.8 Å². The molecule has 1 aliphatic heterocycles. The molecule has 8 heteroatoms. The van der Waals surface area contributed by atoms with Crippen molar-refractivity contribution in [2.24, 2.45) is 5.92 Å². The molecule has 0 spiro atoms. The number of amides is 4. The summed E-state index contributed by atoms with van der Waals surface area (Å²) in [5, 5.41) is 8.62. The number of piperidine rings is 1. The largest absolute Gasteiger partial charge is 0.354 e. The van der Waals surface area contributed by atoms with Gasteiger partial charge in [0.25, 0.3) is 5.91 Å². The fraction of sp³-hybridized carbons (Fsp3) is 0.591. The first kappa shape index (κ1) is 23.6. The van der Waals surface area contributed by atoms with Crippen molar-refractivity contribution < 1.29 is 18.8 Å². The van der Waals surface area contributed by atoms with Gasteiger partial charge in [-0.3, -0.25) is 9.59 Å². The molecule has 1 heterocycles. The maximum Gasteiger partial charge on any atom is 0.317 e. The molecule has 0 aliphatic carbocycles. The van der Waals surface area contributed by atoms with E-state index in [1.807, 2.05) is 27.7 Å². The summed E-state index contributed by atoms with van der Waals surface area (Å²) >= 11 is 0. The number of urea groups is 1. The SMILES string of the molecule is CCCNC(=O)[C@H](NC(=O)c1ccc(F)cc1)C1CCN(C(=O)NC(C)(C)C)CC1. The highest BCUT2D eigenvalue weighted by Crippen LogP contribution is 2.22. The number of likely N-dealkylation sites (tertiary alicyclic amines) is 1. The van der Waals surface area contributed by atoms with E-state index in [9.17, 15) is 18.8 Å². The van der Waals surface area contributed by atoms with Gasteiger partial charge < -0.3 is 20.9 Å². The topological polar surface area (TPSA) is 90.5 Å². The summed E-state index contributed by atoms with van der Waals surface area (Å²) in [6.45, 7) is 9.28. The highest BCUT2D eigenvalue weighted by molar-refractivity contribution is 5.97. The third-order valence-corrected chi connectivity index (χ3v) is 5.00. The Hall–Kier alpha value is -2.64. The molecule has 0 aromatic heterocycles. The van der Waals surface area contributed by atoms with Gasteiger partial charge in [0.15, 0.2) is 0 Å². The first-order chi connectivity index (χ1) is 14.1. The monoisotopic (exact) mass is 420 g/mol. The van der Waals surface area contributed by atoms with Crippen LogP contribution in [-0.4, -0.2) is 54.0 Å². The maximum absolute atomic E-state index is 13.1. The smallest absolute Gasteiger partial charge is 0.317 e. The molecular weight excluding hydrogens is 387 g/mol. The number of hydrogen-bond acceptors (Lipinski definition) is 3. The van der Waals surface area contributed by atoms with Crippen LogP contribution >= 0.6 is 0 Å². The molecule has 7 nitrogen and oxygen atoms in total. The van der Waals surface area contributed by atoms with Crippen molar-refractivity contribution in [2.45, 2.75) is 58.5 Å². The molecule has 2 rings (SSSR count). The molecule has 1 aromatic rings. The van der Waals surface area contributed by atoms with Crippen molar-refractivity contribution in [3.05, 3.63) is 35.6 Å². The van der Waals surface area contributed by atoms with Gasteiger partial charge in [-0.15, -0.1) is 0 Å². The molecule has 0 bridgehead atoms. The number of carbonyl (C=O) groups excluding carboxylic acids is 3. The Morgan fingerprint density at radius 3 is 2.27 bits per heavy atom. The Labute approximate surface area is 177 Å². The number of benzene rings is 1. The second kappa shape index (κ2) is 10.4. The Morgan fingerprint density at radius 1 is 1.13 bits per heavy atom. The molecule has 3 N–H and O–H groups in total. The van der Waals surface area contributed by atoms with Gasteiger partial charge in [-0.1, -0.05) is 6.92 Å². The number of halogens is 1. The minimum absolute atomic E-state index is 0.0926. The van der Waals surface area contributed by atoms with Crippen LogP contribution in [-0.2, 0) is 4.79 Å². The molecule has 0 unspecified atom stereocenters. The van der Waals surface area contributed by atoms with Gasteiger partial charge >= 0.3 is 6.03 Å². The van der Waals surface area contributed by atoms with E-state index >= 15 is 0 Å². The van der Waals surface area contributed by atoms with E-state index in [0.29, 0.717) is 38.0 Å². The minimum atomic E-state index is -0.707. The van der Waals surface area contributed by atoms with E-state index in [1.54, 1.807) is 4.90 Å². The second-order valence-electron chi connectivity index (χ2n) is 8.75. The van der Waals surface area contributed by atoms with E-state index in [4.69, 9.17) is 0 Å². The van der Waals surface area contributed by atoms with Gasteiger partial charge in [-0.2, -0.15) is 0 Å². The lowest BCUT2D eigenvalue weighted by Gasteiger charge is -2.37. The van der Waals surface area contributed by atoms with Crippen LogP contribution in [0.5, 0.6) is 0 Å². The predicted molar refractivity (Wildman–Crippen MR) is 114 cm³/mol. The van der Waals surface area contributed by atoms with E-state index in [2.05, 4.69) is 16.0 Å². The number of nitrogens with zero attached hydrogens (tertiary/aromatic N) is 1. The van der Waals surface area contributed by atoms with Crippen LogP contribution < -0.4 is 16.0 Å². The summed E-state index contributed by atoms with van der Waals surface area (Å²) in [5.41, 5.74) is -0.0219. The number of hydrogen-bond donors (Lipinski definition) is 3. The molecule has 0 saturated carbocycles. The zero-order valence-electron chi connectivity index (χ0n) is 18.3. The Morgan fingerprint density at radius 2 is 1.73 bits per heavy atom. The van der Waals surface area contributed by atoms with Gasteiger partial charge in [0.05, 0.1) is 0 Å². The standard InChI is InChI=1S/C22H33FN4O3/c1-5-12-24-20(29)18(25-19(28)16-6-8-17(23)9-7-16)15-10-13-27(14-11-15)21(30)26-22(2,3)4/h6-9,15,18H,5,10-14H2,1-4H3,(H,24,29)(H,25,28)(H,26,30)/t18-/m1/s1. The molecule has 30 heavy (non-hydrogen) atoms. The van der Waals surface area contributed by atoms with Crippen LogP contribution in [0.15, 0.2) is 24.3 Å².